The Balaban J connectivity index is 2.08. The standard InChI is InChI=1S/C22H26ClNO6/c1-5-11-29-19-9-7-15(12-20(19)28-6-2)22(26)30-14(3)21(25)24-17-13-16(23)8-10-18(17)27-4/h7-10,12-14H,5-6,11H2,1-4H3,(H,24,25). The summed E-state index contributed by atoms with van der Waals surface area (Å²) in [4.78, 5) is 25.0. The molecule has 30 heavy (non-hydrogen) atoms. The van der Waals surface area contributed by atoms with E-state index in [0.29, 0.717) is 41.2 Å². The van der Waals surface area contributed by atoms with Crippen LogP contribution in [-0.4, -0.2) is 38.3 Å². The van der Waals surface area contributed by atoms with Crippen molar-refractivity contribution < 1.29 is 28.5 Å². The molecule has 1 N–H and O–H groups in total. The maximum absolute atomic E-state index is 12.5. The van der Waals surface area contributed by atoms with Crippen molar-refractivity contribution in [3.05, 3.63) is 47.0 Å². The maximum atomic E-state index is 12.5. The minimum atomic E-state index is -1.05. The van der Waals surface area contributed by atoms with Gasteiger partial charge < -0.3 is 24.3 Å². The van der Waals surface area contributed by atoms with Crippen molar-refractivity contribution >= 4 is 29.2 Å². The molecule has 0 aromatic heterocycles. The number of hydrogen-bond donors (Lipinski definition) is 1. The number of esters is 1. The normalized spacial score (nSPS) is 11.4. The number of halogens is 1. The van der Waals surface area contributed by atoms with Gasteiger partial charge in [-0.25, -0.2) is 4.79 Å². The highest BCUT2D eigenvalue weighted by Crippen LogP contribution is 2.30. The Hall–Kier alpha value is -2.93. The summed E-state index contributed by atoms with van der Waals surface area (Å²) in [6, 6.07) is 9.59. The van der Waals surface area contributed by atoms with E-state index in [4.69, 9.17) is 30.5 Å². The molecule has 0 radical (unpaired) electrons. The first kappa shape index (κ1) is 23.3. The summed E-state index contributed by atoms with van der Waals surface area (Å²) in [5, 5.41) is 3.09. The molecule has 0 bridgehead atoms. The molecule has 0 aliphatic heterocycles. The average molecular weight is 436 g/mol. The lowest BCUT2D eigenvalue weighted by molar-refractivity contribution is -0.123. The molecule has 0 aliphatic carbocycles. The predicted octanol–water partition coefficient (Wildman–Crippen LogP) is 4.72. The Morgan fingerprint density at radius 2 is 1.77 bits per heavy atom. The molecule has 0 fully saturated rings. The van der Waals surface area contributed by atoms with Crippen molar-refractivity contribution in [3.8, 4) is 17.2 Å². The average Bonchev–Trinajstić information content (AvgIpc) is 2.73. The highest BCUT2D eigenvalue weighted by Gasteiger charge is 2.21. The van der Waals surface area contributed by atoms with Gasteiger partial charge in [-0.15, -0.1) is 0 Å². The van der Waals surface area contributed by atoms with Gasteiger partial charge in [0.05, 0.1) is 31.6 Å². The number of carbonyl (C=O) groups is 2. The van der Waals surface area contributed by atoms with Crippen LogP contribution in [0.1, 0.15) is 37.6 Å². The Bertz CT molecular complexity index is 886. The minimum absolute atomic E-state index is 0.252. The fourth-order valence-corrected chi connectivity index (χ4v) is 2.70. The van der Waals surface area contributed by atoms with Gasteiger partial charge in [0.25, 0.3) is 5.91 Å². The summed E-state index contributed by atoms with van der Waals surface area (Å²) in [5.41, 5.74) is 0.635. The Kier molecular flexibility index (Phi) is 8.80. The number of methoxy groups -OCH3 is 1. The fourth-order valence-electron chi connectivity index (χ4n) is 2.53. The number of carbonyl (C=O) groups excluding carboxylic acids is 2. The van der Waals surface area contributed by atoms with Crippen LogP contribution in [0.3, 0.4) is 0 Å². The van der Waals surface area contributed by atoms with E-state index in [0.717, 1.165) is 6.42 Å². The lowest BCUT2D eigenvalue weighted by Gasteiger charge is -2.16. The number of rotatable bonds is 10. The van der Waals surface area contributed by atoms with Crippen LogP contribution in [0, 0.1) is 0 Å². The van der Waals surface area contributed by atoms with Crippen LogP contribution in [0.4, 0.5) is 5.69 Å². The lowest BCUT2D eigenvalue weighted by Crippen LogP contribution is -2.30. The van der Waals surface area contributed by atoms with Crippen molar-refractivity contribution in [2.24, 2.45) is 0 Å². The molecule has 8 heteroatoms. The summed E-state index contributed by atoms with van der Waals surface area (Å²) in [6.45, 7) is 6.27. The summed E-state index contributed by atoms with van der Waals surface area (Å²) in [7, 11) is 1.48. The van der Waals surface area contributed by atoms with Gasteiger partial charge in [-0.1, -0.05) is 18.5 Å². The predicted molar refractivity (Wildman–Crippen MR) is 115 cm³/mol. The van der Waals surface area contributed by atoms with Crippen LogP contribution in [0.15, 0.2) is 36.4 Å². The van der Waals surface area contributed by atoms with Crippen LogP contribution in [-0.2, 0) is 9.53 Å². The van der Waals surface area contributed by atoms with E-state index in [1.54, 1.807) is 36.4 Å². The first-order valence-corrected chi connectivity index (χ1v) is 10.0. The number of nitrogens with one attached hydrogen (secondary N) is 1. The smallest absolute Gasteiger partial charge is 0.339 e. The molecule has 7 nitrogen and oxygen atoms in total. The molecule has 0 spiro atoms. The van der Waals surface area contributed by atoms with Crippen molar-refractivity contribution in [1.82, 2.24) is 0 Å². The lowest BCUT2D eigenvalue weighted by atomic mass is 10.2. The molecule has 1 atom stereocenters. The number of ether oxygens (including phenoxy) is 4. The molecule has 2 aromatic rings. The molecular weight excluding hydrogens is 410 g/mol. The number of amides is 1. The summed E-state index contributed by atoms with van der Waals surface area (Å²) < 4.78 is 21.7. The van der Waals surface area contributed by atoms with Crippen molar-refractivity contribution in [3.63, 3.8) is 0 Å². The number of hydrogen-bond acceptors (Lipinski definition) is 6. The van der Waals surface area contributed by atoms with E-state index in [1.807, 2.05) is 13.8 Å². The topological polar surface area (TPSA) is 83.1 Å². The first-order valence-electron chi connectivity index (χ1n) is 9.64. The van der Waals surface area contributed by atoms with Crippen LogP contribution in [0.5, 0.6) is 17.2 Å². The van der Waals surface area contributed by atoms with E-state index in [2.05, 4.69) is 5.32 Å². The van der Waals surface area contributed by atoms with Gasteiger partial charge in [-0.05, 0) is 56.7 Å². The molecule has 1 unspecified atom stereocenters. The SMILES string of the molecule is CCCOc1ccc(C(=O)OC(C)C(=O)Nc2cc(Cl)ccc2OC)cc1OCC. The van der Waals surface area contributed by atoms with Crippen LogP contribution < -0.4 is 19.5 Å². The zero-order chi connectivity index (χ0) is 22.1. The number of anilines is 1. The van der Waals surface area contributed by atoms with Crippen molar-refractivity contribution in [2.75, 3.05) is 25.6 Å². The molecule has 162 valence electrons. The largest absolute Gasteiger partial charge is 0.495 e. The molecule has 0 aliphatic rings. The Morgan fingerprint density at radius 3 is 2.43 bits per heavy atom. The van der Waals surface area contributed by atoms with Crippen LogP contribution in [0.2, 0.25) is 5.02 Å². The fraction of sp³-hybridized carbons (Fsp3) is 0.364. The van der Waals surface area contributed by atoms with Crippen molar-refractivity contribution in [1.29, 1.82) is 0 Å². The van der Waals surface area contributed by atoms with Gasteiger partial charge in [-0.3, -0.25) is 4.79 Å². The molecular formula is C22H26ClNO6. The zero-order valence-corrected chi connectivity index (χ0v) is 18.2. The van der Waals surface area contributed by atoms with Crippen LogP contribution in [0.25, 0.3) is 0 Å². The van der Waals surface area contributed by atoms with Gasteiger partial charge in [0.15, 0.2) is 17.6 Å². The molecule has 2 rings (SSSR count). The third-order valence-electron chi connectivity index (χ3n) is 4.01. The van der Waals surface area contributed by atoms with E-state index in [1.165, 1.54) is 14.0 Å². The molecule has 0 heterocycles. The molecule has 1 amide bonds. The second-order valence-electron chi connectivity index (χ2n) is 6.32. The quantitative estimate of drug-likeness (QED) is 0.543. The Labute approximate surface area is 181 Å². The van der Waals surface area contributed by atoms with Gasteiger partial charge in [0, 0.05) is 5.02 Å². The summed E-state index contributed by atoms with van der Waals surface area (Å²) in [6.07, 6.45) is -0.202. The van der Waals surface area contributed by atoms with E-state index in [9.17, 15) is 9.59 Å². The highest BCUT2D eigenvalue weighted by atomic mass is 35.5. The third-order valence-corrected chi connectivity index (χ3v) is 4.25. The van der Waals surface area contributed by atoms with Gasteiger partial charge in [0.2, 0.25) is 0 Å². The van der Waals surface area contributed by atoms with Gasteiger partial charge >= 0.3 is 5.97 Å². The first-order chi connectivity index (χ1) is 14.4. The van der Waals surface area contributed by atoms with Gasteiger partial charge in [-0.2, -0.15) is 0 Å². The second kappa shape index (κ2) is 11.3. The minimum Gasteiger partial charge on any atom is -0.495 e. The van der Waals surface area contributed by atoms with E-state index in [-0.39, 0.29) is 5.56 Å². The van der Waals surface area contributed by atoms with E-state index < -0.39 is 18.0 Å². The van der Waals surface area contributed by atoms with Gasteiger partial charge in [0.1, 0.15) is 5.75 Å². The zero-order valence-electron chi connectivity index (χ0n) is 17.5. The maximum Gasteiger partial charge on any atom is 0.339 e. The summed E-state index contributed by atoms with van der Waals surface area (Å²) >= 11 is 5.97. The third kappa shape index (κ3) is 6.29. The monoisotopic (exact) mass is 435 g/mol. The molecule has 2 aromatic carbocycles. The summed E-state index contributed by atoms with van der Waals surface area (Å²) in [5.74, 6) is 0.265. The number of benzene rings is 2. The van der Waals surface area contributed by atoms with E-state index >= 15 is 0 Å². The molecule has 0 saturated carbocycles. The Morgan fingerprint density at radius 1 is 1.03 bits per heavy atom. The highest BCUT2D eigenvalue weighted by molar-refractivity contribution is 6.31. The van der Waals surface area contributed by atoms with Crippen molar-refractivity contribution in [2.45, 2.75) is 33.3 Å². The second-order valence-corrected chi connectivity index (χ2v) is 6.76. The van der Waals surface area contributed by atoms with Crippen LogP contribution >= 0.6 is 11.6 Å². The molecule has 0 saturated heterocycles.